The predicted octanol–water partition coefficient (Wildman–Crippen LogP) is 2.65. The molecule has 1 aromatic heterocycles. The maximum Gasteiger partial charge on any atom is 0.276 e. The van der Waals surface area contributed by atoms with Gasteiger partial charge in [0.05, 0.1) is 30.1 Å². The van der Waals surface area contributed by atoms with Crippen LogP contribution in [0.25, 0.3) is 10.9 Å². The molecule has 0 atom stereocenters. The van der Waals surface area contributed by atoms with Crippen molar-refractivity contribution in [3.63, 3.8) is 0 Å². The SMILES string of the molecule is O=C(Nc1ccccc1N1CCOCC1)c1n[nH]c2ccccc12. The first-order chi connectivity index (χ1) is 11.8. The second kappa shape index (κ2) is 6.33. The minimum Gasteiger partial charge on any atom is -0.378 e. The molecule has 4 rings (SSSR count). The van der Waals surface area contributed by atoms with Crippen molar-refractivity contribution < 1.29 is 9.53 Å². The number of para-hydroxylation sites is 3. The number of nitrogens with one attached hydrogen (secondary N) is 2. The van der Waals surface area contributed by atoms with Crippen LogP contribution in [0.5, 0.6) is 0 Å². The van der Waals surface area contributed by atoms with Gasteiger partial charge in [0.1, 0.15) is 0 Å². The van der Waals surface area contributed by atoms with E-state index in [2.05, 4.69) is 20.4 Å². The number of H-pyrrole nitrogens is 1. The van der Waals surface area contributed by atoms with Crippen LogP contribution in [0.1, 0.15) is 10.5 Å². The quantitative estimate of drug-likeness (QED) is 0.778. The normalized spacial score (nSPS) is 14.8. The van der Waals surface area contributed by atoms with Gasteiger partial charge in [0.15, 0.2) is 5.69 Å². The number of nitrogens with zero attached hydrogens (tertiary/aromatic N) is 2. The number of rotatable bonds is 3. The van der Waals surface area contributed by atoms with Gasteiger partial charge in [-0.2, -0.15) is 5.10 Å². The fourth-order valence-corrected chi connectivity index (χ4v) is 2.98. The number of hydrogen-bond donors (Lipinski definition) is 2. The first kappa shape index (κ1) is 14.7. The molecule has 0 saturated carbocycles. The van der Waals surface area contributed by atoms with Crippen LogP contribution in [-0.4, -0.2) is 42.4 Å². The molecule has 0 aliphatic carbocycles. The van der Waals surface area contributed by atoms with Gasteiger partial charge in [-0.05, 0) is 18.2 Å². The molecule has 0 radical (unpaired) electrons. The van der Waals surface area contributed by atoms with Crippen LogP contribution in [0.15, 0.2) is 48.5 Å². The Bertz CT molecular complexity index is 868. The predicted molar refractivity (Wildman–Crippen MR) is 93.5 cm³/mol. The number of carbonyl (C=O) groups is 1. The summed E-state index contributed by atoms with van der Waals surface area (Å²) in [6, 6.07) is 15.4. The van der Waals surface area contributed by atoms with E-state index in [4.69, 9.17) is 4.74 Å². The van der Waals surface area contributed by atoms with Crippen LogP contribution in [0.2, 0.25) is 0 Å². The second-order valence-electron chi connectivity index (χ2n) is 5.69. The molecule has 1 amide bonds. The Kier molecular flexibility index (Phi) is 3.88. The molecule has 3 aromatic rings. The van der Waals surface area contributed by atoms with E-state index in [1.165, 1.54) is 0 Å². The van der Waals surface area contributed by atoms with Crippen molar-refractivity contribution in [1.29, 1.82) is 0 Å². The molecule has 6 heteroatoms. The van der Waals surface area contributed by atoms with Crippen molar-refractivity contribution in [2.45, 2.75) is 0 Å². The topological polar surface area (TPSA) is 70.2 Å². The van der Waals surface area contributed by atoms with Gasteiger partial charge in [0, 0.05) is 18.5 Å². The molecule has 2 N–H and O–H groups in total. The lowest BCUT2D eigenvalue weighted by atomic mass is 10.2. The number of ether oxygens (including phenoxy) is 1. The Morgan fingerprint density at radius 1 is 1.08 bits per heavy atom. The highest BCUT2D eigenvalue weighted by molar-refractivity contribution is 6.12. The first-order valence-electron chi connectivity index (χ1n) is 7.99. The average molecular weight is 322 g/mol. The highest BCUT2D eigenvalue weighted by Crippen LogP contribution is 2.27. The first-order valence-corrected chi connectivity index (χ1v) is 7.99. The zero-order valence-electron chi connectivity index (χ0n) is 13.2. The van der Waals surface area contributed by atoms with Crippen LogP contribution in [0.3, 0.4) is 0 Å². The summed E-state index contributed by atoms with van der Waals surface area (Å²) in [5.41, 5.74) is 3.05. The number of morpholine rings is 1. The molecule has 2 aromatic carbocycles. The van der Waals surface area contributed by atoms with Gasteiger partial charge in [0.25, 0.3) is 5.91 Å². The van der Waals surface area contributed by atoms with Gasteiger partial charge in [-0.15, -0.1) is 0 Å². The fraction of sp³-hybridized carbons (Fsp3) is 0.222. The molecule has 2 heterocycles. The fourth-order valence-electron chi connectivity index (χ4n) is 2.98. The minimum atomic E-state index is -0.215. The third-order valence-corrected chi connectivity index (χ3v) is 4.19. The monoisotopic (exact) mass is 322 g/mol. The van der Waals surface area contributed by atoms with Crippen molar-refractivity contribution in [2.75, 3.05) is 36.5 Å². The zero-order chi connectivity index (χ0) is 16.4. The van der Waals surface area contributed by atoms with E-state index in [9.17, 15) is 4.79 Å². The van der Waals surface area contributed by atoms with E-state index in [1.807, 2.05) is 48.5 Å². The molecular weight excluding hydrogens is 304 g/mol. The average Bonchev–Trinajstić information content (AvgIpc) is 3.07. The number of amides is 1. The molecule has 1 saturated heterocycles. The lowest BCUT2D eigenvalue weighted by molar-refractivity contribution is 0.102. The third kappa shape index (κ3) is 2.72. The van der Waals surface area contributed by atoms with Crippen LogP contribution in [-0.2, 0) is 4.74 Å². The summed E-state index contributed by atoms with van der Waals surface area (Å²) in [4.78, 5) is 14.9. The number of anilines is 2. The van der Waals surface area contributed by atoms with Gasteiger partial charge in [0.2, 0.25) is 0 Å². The molecule has 6 nitrogen and oxygen atoms in total. The van der Waals surface area contributed by atoms with Crippen molar-refractivity contribution in [1.82, 2.24) is 10.2 Å². The second-order valence-corrected chi connectivity index (χ2v) is 5.69. The smallest absolute Gasteiger partial charge is 0.276 e. The Morgan fingerprint density at radius 3 is 2.71 bits per heavy atom. The zero-order valence-corrected chi connectivity index (χ0v) is 13.2. The summed E-state index contributed by atoms with van der Waals surface area (Å²) < 4.78 is 5.41. The standard InChI is InChI=1S/C18H18N4O2/c23-18(17-13-5-1-2-6-14(13)20-21-17)19-15-7-3-4-8-16(15)22-9-11-24-12-10-22/h1-8H,9-12H2,(H,19,23)(H,20,21). The number of fused-ring (bicyclic) bond motifs is 1. The summed E-state index contributed by atoms with van der Waals surface area (Å²) in [6.45, 7) is 3.04. The van der Waals surface area contributed by atoms with Crippen molar-refractivity contribution in [3.05, 3.63) is 54.2 Å². The highest BCUT2D eigenvalue weighted by atomic mass is 16.5. The summed E-state index contributed by atoms with van der Waals surface area (Å²) >= 11 is 0. The molecule has 0 unspecified atom stereocenters. The number of carbonyl (C=O) groups excluding carboxylic acids is 1. The van der Waals surface area contributed by atoms with Gasteiger partial charge in [-0.25, -0.2) is 0 Å². The highest BCUT2D eigenvalue weighted by Gasteiger charge is 2.18. The van der Waals surface area contributed by atoms with E-state index >= 15 is 0 Å². The van der Waals surface area contributed by atoms with Crippen molar-refractivity contribution >= 4 is 28.2 Å². The maximum atomic E-state index is 12.7. The lowest BCUT2D eigenvalue weighted by Gasteiger charge is -2.30. The van der Waals surface area contributed by atoms with Crippen LogP contribution in [0.4, 0.5) is 11.4 Å². The van der Waals surface area contributed by atoms with Gasteiger partial charge in [-0.1, -0.05) is 30.3 Å². The largest absolute Gasteiger partial charge is 0.378 e. The molecule has 122 valence electrons. The molecule has 1 aliphatic heterocycles. The summed E-state index contributed by atoms with van der Waals surface area (Å²) in [6.07, 6.45) is 0. The summed E-state index contributed by atoms with van der Waals surface area (Å²) in [7, 11) is 0. The molecule has 0 spiro atoms. The number of aromatic nitrogens is 2. The molecular formula is C18H18N4O2. The number of hydrogen-bond acceptors (Lipinski definition) is 4. The third-order valence-electron chi connectivity index (χ3n) is 4.19. The minimum absolute atomic E-state index is 0.215. The lowest BCUT2D eigenvalue weighted by Crippen LogP contribution is -2.36. The van der Waals surface area contributed by atoms with E-state index in [0.717, 1.165) is 35.4 Å². The Morgan fingerprint density at radius 2 is 1.83 bits per heavy atom. The van der Waals surface area contributed by atoms with Gasteiger partial charge >= 0.3 is 0 Å². The van der Waals surface area contributed by atoms with Gasteiger partial charge < -0.3 is 15.0 Å². The number of benzene rings is 2. The Hall–Kier alpha value is -2.86. The Balaban J connectivity index is 1.62. The van der Waals surface area contributed by atoms with Gasteiger partial charge in [-0.3, -0.25) is 9.89 Å². The Labute approximate surface area is 139 Å². The molecule has 24 heavy (non-hydrogen) atoms. The summed E-state index contributed by atoms with van der Waals surface area (Å²) in [5.74, 6) is -0.215. The van der Waals surface area contributed by atoms with Crippen molar-refractivity contribution in [2.24, 2.45) is 0 Å². The van der Waals surface area contributed by atoms with Crippen molar-refractivity contribution in [3.8, 4) is 0 Å². The molecule has 1 aliphatic rings. The van der Waals surface area contributed by atoms with E-state index in [1.54, 1.807) is 0 Å². The molecule has 1 fully saturated rings. The van der Waals surface area contributed by atoms with Crippen LogP contribution in [0, 0.1) is 0 Å². The summed E-state index contributed by atoms with van der Waals surface area (Å²) in [5, 5.41) is 10.9. The number of aromatic amines is 1. The van der Waals surface area contributed by atoms with E-state index < -0.39 is 0 Å². The maximum absolute atomic E-state index is 12.7. The van der Waals surface area contributed by atoms with E-state index in [0.29, 0.717) is 18.9 Å². The van der Waals surface area contributed by atoms with Crippen LogP contribution >= 0.6 is 0 Å². The van der Waals surface area contributed by atoms with Crippen LogP contribution < -0.4 is 10.2 Å². The molecule has 0 bridgehead atoms. The van der Waals surface area contributed by atoms with E-state index in [-0.39, 0.29) is 5.91 Å².